The zero-order valence-electron chi connectivity index (χ0n) is 13.9. The second-order valence-corrected chi connectivity index (χ2v) is 5.08. The van der Waals surface area contributed by atoms with Gasteiger partial charge in [-0.2, -0.15) is 0 Å². The number of guanidine groups is 1. The van der Waals surface area contributed by atoms with Gasteiger partial charge in [0.1, 0.15) is 12.4 Å². The standard InChI is InChI=1S/C16H25N3O3.HI/c1-4-12(3)19-16(17-5-2)18-8-9-20-13-6-7-14-15(10-13)22-11-21-14;/h6-7,10,12H,4-5,8-9,11H2,1-3H3,(H2,17,18,19);1H. The fraction of sp³-hybridized carbons (Fsp3) is 0.562. The summed E-state index contributed by atoms with van der Waals surface area (Å²) < 4.78 is 16.3. The predicted molar refractivity (Wildman–Crippen MR) is 102 cm³/mol. The average molecular weight is 435 g/mol. The fourth-order valence-corrected chi connectivity index (χ4v) is 1.94. The van der Waals surface area contributed by atoms with Gasteiger partial charge in [0.2, 0.25) is 6.79 Å². The molecule has 6 nitrogen and oxygen atoms in total. The van der Waals surface area contributed by atoms with Gasteiger partial charge in [-0.05, 0) is 32.4 Å². The molecule has 0 bridgehead atoms. The molecule has 0 radical (unpaired) electrons. The lowest BCUT2D eigenvalue weighted by molar-refractivity contribution is 0.174. The number of nitrogens with one attached hydrogen (secondary N) is 2. The highest BCUT2D eigenvalue weighted by molar-refractivity contribution is 14.0. The van der Waals surface area contributed by atoms with Crippen LogP contribution in [0.5, 0.6) is 17.2 Å². The lowest BCUT2D eigenvalue weighted by Gasteiger charge is -2.16. The molecule has 1 aromatic rings. The molecular weight excluding hydrogens is 409 g/mol. The van der Waals surface area contributed by atoms with Crippen LogP contribution in [0.3, 0.4) is 0 Å². The number of fused-ring (bicyclic) bond motifs is 1. The highest BCUT2D eigenvalue weighted by Gasteiger charge is 2.13. The molecule has 130 valence electrons. The Hall–Kier alpha value is -1.38. The van der Waals surface area contributed by atoms with Crippen molar-refractivity contribution >= 4 is 29.9 Å². The van der Waals surface area contributed by atoms with E-state index in [4.69, 9.17) is 14.2 Å². The third-order valence-corrected chi connectivity index (χ3v) is 3.31. The van der Waals surface area contributed by atoms with Gasteiger partial charge in [-0.1, -0.05) is 6.92 Å². The first-order chi connectivity index (χ1) is 10.7. The molecule has 2 N–H and O–H groups in total. The Morgan fingerprint density at radius 1 is 1.30 bits per heavy atom. The first-order valence-corrected chi connectivity index (χ1v) is 7.80. The Labute approximate surface area is 155 Å². The number of benzene rings is 1. The van der Waals surface area contributed by atoms with Crippen molar-refractivity contribution in [3.8, 4) is 17.2 Å². The summed E-state index contributed by atoms with van der Waals surface area (Å²) in [6, 6.07) is 5.97. The maximum atomic E-state index is 5.69. The molecule has 23 heavy (non-hydrogen) atoms. The van der Waals surface area contributed by atoms with Crippen molar-refractivity contribution < 1.29 is 14.2 Å². The van der Waals surface area contributed by atoms with Crippen molar-refractivity contribution in [2.75, 3.05) is 26.5 Å². The highest BCUT2D eigenvalue weighted by Crippen LogP contribution is 2.34. The monoisotopic (exact) mass is 435 g/mol. The molecule has 1 aliphatic rings. The van der Waals surface area contributed by atoms with Gasteiger partial charge < -0.3 is 24.8 Å². The van der Waals surface area contributed by atoms with Crippen LogP contribution in [0.1, 0.15) is 27.2 Å². The summed E-state index contributed by atoms with van der Waals surface area (Å²) in [6.07, 6.45) is 1.05. The van der Waals surface area contributed by atoms with Gasteiger partial charge in [0, 0.05) is 18.7 Å². The third-order valence-electron chi connectivity index (χ3n) is 3.31. The molecule has 1 aliphatic heterocycles. The number of aliphatic imine (C=N–C) groups is 1. The van der Waals surface area contributed by atoms with E-state index in [2.05, 4.69) is 36.4 Å². The number of halogens is 1. The van der Waals surface area contributed by atoms with E-state index < -0.39 is 0 Å². The van der Waals surface area contributed by atoms with Crippen LogP contribution in [-0.4, -0.2) is 38.5 Å². The summed E-state index contributed by atoms with van der Waals surface area (Å²) in [5, 5.41) is 6.57. The van der Waals surface area contributed by atoms with Gasteiger partial charge >= 0.3 is 0 Å². The van der Waals surface area contributed by atoms with Crippen molar-refractivity contribution in [3.05, 3.63) is 18.2 Å². The average Bonchev–Trinajstić information content (AvgIpc) is 2.99. The first-order valence-electron chi connectivity index (χ1n) is 7.80. The Kier molecular flexibility index (Phi) is 8.90. The fourth-order valence-electron chi connectivity index (χ4n) is 1.94. The first kappa shape index (κ1) is 19.7. The second-order valence-electron chi connectivity index (χ2n) is 5.08. The van der Waals surface area contributed by atoms with E-state index in [1.165, 1.54) is 0 Å². The molecular formula is C16H26IN3O3. The van der Waals surface area contributed by atoms with Gasteiger partial charge in [-0.15, -0.1) is 24.0 Å². The van der Waals surface area contributed by atoms with E-state index >= 15 is 0 Å². The van der Waals surface area contributed by atoms with Crippen molar-refractivity contribution in [3.63, 3.8) is 0 Å². The van der Waals surface area contributed by atoms with E-state index in [0.29, 0.717) is 19.2 Å². The Morgan fingerprint density at radius 2 is 2.09 bits per heavy atom. The molecule has 0 spiro atoms. The Bertz CT molecular complexity index is 511. The lowest BCUT2D eigenvalue weighted by Crippen LogP contribution is -2.42. The smallest absolute Gasteiger partial charge is 0.231 e. The van der Waals surface area contributed by atoms with Crippen LogP contribution in [0.15, 0.2) is 23.2 Å². The molecule has 1 heterocycles. The minimum absolute atomic E-state index is 0. The summed E-state index contributed by atoms with van der Waals surface area (Å²) in [6.45, 7) is 8.54. The van der Waals surface area contributed by atoms with Gasteiger partial charge in [0.25, 0.3) is 0 Å². The summed E-state index contributed by atoms with van der Waals surface area (Å²) >= 11 is 0. The van der Waals surface area contributed by atoms with Gasteiger partial charge in [-0.25, -0.2) is 4.99 Å². The van der Waals surface area contributed by atoms with Crippen molar-refractivity contribution in [2.45, 2.75) is 33.2 Å². The molecule has 0 saturated carbocycles. The van der Waals surface area contributed by atoms with Gasteiger partial charge in [0.15, 0.2) is 17.5 Å². The SMILES string of the molecule is CCNC(=NCCOc1ccc2c(c1)OCO2)NC(C)CC.I. The summed E-state index contributed by atoms with van der Waals surface area (Å²) in [5.41, 5.74) is 0. The summed E-state index contributed by atoms with van der Waals surface area (Å²) in [5.74, 6) is 3.08. The number of hydrogen-bond acceptors (Lipinski definition) is 4. The minimum atomic E-state index is 0. The van der Waals surface area contributed by atoms with E-state index in [1.807, 2.05) is 18.2 Å². The van der Waals surface area contributed by atoms with E-state index in [-0.39, 0.29) is 30.8 Å². The van der Waals surface area contributed by atoms with Crippen LogP contribution >= 0.6 is 24.0 Å². The predicted octanol–water partition coefficient (Wildman–Crippen LogP) is 2.77. The van der Waals surface area contributed by atoms with Crippen molar-refractivity contribution in [2.24, 2.45) is 4.99 Å². The van der Waals surface area contributed by atoms with E-state index in [1.54, 1.807) is 0 Å². The van der Waals surface area contributed by atoms with Crippen LogP contribution in [0, 0.1) is 0 Å². The lowest BCUT2D eigenvalue weighted by atomic mass is 10.3. The molecule has 1 unspecified atom stereocenters. The zero-order valence-corrected chi connectivity index (χ0v) is 16.3. The largest absolute Gasteiger partial charge is 0.492 e. The molecule has 7 heteroatoms. The van der Waals surface area contributed by atoms with Gasteiger partial charge in [-0.3, -0.25) is 0 Å². The molecule has 0 aromatic heterocycles. The number of nitrogens with zero attached hydrogens (tertiary/aromatic N) is 1. The molecule has 0 saturated heterocycles. The molecule has 0 aliphatic carbocycles. The second kappa shape index (κ2) is 10.4. The molecule has 0 fully saturated rings. The minimum Gasteiger partial charge on any atom is -0.492 e. The quantitative estimate of drug-likeness (QED) is 0.299. The Balaban J connectivity index is 0.00000264. The molecule has 1 aromatic carbocycles. The van der Waals surface area contributed by atoms with Crippen molar-refractivity contribution in [1.82, 2.24) is 10.6 Å². The van der Waals surface area contributed by atoms with Gasteiger partial charge in [0.05, 0.1) is 6.54 Å². The number of hydrogen-bond donors (Lipinski definition) is 2. The van der Waals surface area contributed by atoms with E-state index in [9.17, 15) is 0 Å². The van der Waals surface area contributed by atoms with Crippen molar-refractivity contribution in [1.29, 1.82) is 0 Å². The Morgan fingerprint density at radius 3 is 2.83 bits per heavy atom. The molecule has 2 rings (SSSR count). The van der Waals surface area contributed by atoms with Crippen LogP contribution in [-0.2, 0) is 0 Å². The summed E-state index contributed by atoms with van der Waals surface area (Å²) in [4.78, 5) is 4.50. The van der Waals surface area contributed by atoms with Crippen LogP contribution in [0.4, 0.5) is 0 Å². The maximum Gasteiger partial charge on any atom is 0.231 e. The topological polar surface area (TPSA) is 64.1 Å². The normalized spacial score (nSPS) is 14.0. The zero-order chi connectivity index (χ0) is 15.8. The summed E-state index contributed by atoms with van der Waals surface area (Å²) in [7, 11) is 0. The molecule has 0 amide bonds. The van der Waals surface area contributed by atoms with Crippen LogP contribution in [0.25, 0.3) is 0 Å². The number of rotatable bonds is 7. The third kappa shape index (κ3) is 6.32. The van der Waals surface area contributed by atoms with Crippen LogP contribution in [0.2, 0.25) is 0 Å². The highest BCUT2D eigenvalue weighted by atomic mass is 127. The molecule has 1 atom stereocenters. The maximum absolute atomic E-state index is 5.69. The number of ether oxygens (including phenoxy) is 3. The van der Waals surface area contributed by atoms with Crippen LogP contribution < -0.4 is 24.8 Å². The van der Waals surface area contributed by atoms with E-state index in [0.717, 1.165) is 36.2 Å².